The summed E-state index contributed by atoms with van der Waals surface area (Å²) in [5, 5.41) is 3.41. The van der Waals surface area contributed by atoms with Crippen LogP contribution in [0.3, 0.4) is 0 Å². The van der Waals surface area contributed by atoms with Gasteiger partial charge in [-0.25, -0.2) is 0 Å². The van der Waals surface area contributed by atoms with Gasteiger partial charge in [-0.05, 0) is 40.8 Å². The van der Waals surface area contributed by atoms with Crippen molar-refractivity contribution in [3.63, 3.8) is 0 Å². The summed E-state index contributed by atoms with van der Waals surface area (Å²) in [6, 6.07) is 5.30. The third kappa shape index (κ3) is 3.54. The number of nitrogens with one attached hydrogen (secondary N) is 1. The first-order valence-corrected chi connectivity index (χ1v) is 6.92. The standard InChI is InChI=1S/C9H8ClI2NO/c10-7-5-6(1-2-8(7)12)9(14)13-4-3-11/h1-2,5H,3-4H2,(H,13,14). The summed E-state index contributed by atoms with van der Waals surface area (Å²) in [5.74, 6) is -0.0695. The largest absolute Gasteiger partial charge is 0.351 e. The molecule has 0 bridgehead atoms. The van der Waals surface area contributed by atoms with E-state index in [0.29, 0.717) is 17.1 Å². The second-order valence-electron chi connectivity index (χ2n) is 2.57. The van der Waals surface area contributed by atoms with Gasteiger partial charge in [-0.1, -0.05) is 34.2 Å². The number of rotatable bonds is 3. The van der Waals surface area contributed by atoms with Gasteiger partial charge < -0.3 is 5.32 Å². The fourth-order valence-corrected chi connectivity index (χ4v) is 1.69. The summed E-state index contributed by atoms with van der Waals surface area (Å²) < 4.78 is 1.86. The molecule has 5 heteroatoms. The van der Waals surface area contributed by atoms with Crippen LogP contribution in [0.5, 0.6) is 0 Å². The molecular weight excluding hydrogens is 427 g/mol. The molecule has 0 atom stereocenters. The predicted octanol–water partition coefficient (Wildman–Crippen LogP) is 3.11. The van der Waals surface area contributed by atoms with Crippen LogP contribution in [0, 0.1) is 3.57 Å². The van der Waals surface area contributed by atoms with Crippen molar-refractivity contribution >= 4 is 62.7 Å². The van der Waals surface area contributed by atoms with E-state index in [9.17, 15) is 4.79 Å². The highest BCUT2D eigenvalue weighted by Gasteiger charge is 2.06. The number of alkyl halides is 1. The molecule has 0 fully saturated rings. The smallest absolute Gasteiger partial charge is 0.251 e. The quantitative estimate of drug-likeness (QED) is 0.574. The Bertz CT molecular complexity index is 344. The Labute approximate surface area is 115 Å². The van der Waals surface area contributed by atoms with Crippen LogP contribution >= 0.6 is 56.8 Å². The van der Waals surface area contributed by atoms with Crippen molar-refractivity contribution < 1.29 is 4.79 Å². The van der Waals surface area contributed by atoms with Crippen molar-refractivity contribution in [2.24, 2.45) is 0 Å². The first kappa shape index (κ1) is 12.5. The molecule has 1 N–H and O–H groups in total. The minimum atomic E-state index is -0.0695. The van der Waals surface area contributed by atoms with Gasteiger partial charge in [0.1, 0.15) is 0 Å². The van der Waals surface area contributed by atoms with Gasteiger partial charge in [0.2, 0.25) is 0 Å². The summed E-state index contributed by atoms with van der Waals surface area (Å²) in [6.45, 7) is 0.684. The predicted molar refractivity (Wildman–Crippen MR) is 75.4 cm³/mol. The molecule has 76 valence electrons. The molecule has 0 aromatic heterocycles. The minimum absolute atomic E-state index is 0.0695. The number of amides is 1. The normalized spacial score (nSPS) is 9.93. The Morgan fingerprint density at radius 1 is 1.50 bits per heavy atom. The summed E-state index contributed by atoms with van der Waals surface area (Å²) >= 11 is 10.2. The van der Waals surface area contributed by atoms with E-state index in [1.807, 2.05) is 6.07 Å². The monoisotopic (exact) mass is 435 g/mol. The fraction of sp³-hybridized carbons (Fsp3) is 0.222. The molecule has 0 spiro atoms. The van der Waals surface area contributed by atoms with Crippen LogP contribution in [-0.2, 0) is 0 Å². The third-order valence-electron chi connectivity index (χ3n) is 1.56. The molecule has 0 saturated carbocycles. The molecule has 1 rings (SSSR count). The first-order valence-electron chi connectivity index (χ1n) is 3.94. The van der Waals surface area contributed by atoms with Gasteiger partial charge in [0, 0.05) is 20.1 Å². The van der Waals surface area contributed by atoms with Crippen LogP contribution in [-0.4, -0.2) is 16.9 Å². The molecule has 2 nitrogen and oxygen atoms in total. The molecule has 1 amide bonds. The SMILES string of the molecule is O=C(NCCI)c1ccc(I)c(Cl)c1. The highest BCUT2D eigenvalue weighted by atomic mass is 127. The van der Waals surface area contributed by atoms with Crippen molar-refractivity contribution in [2.75, 3.05) is 11.0 Å². The van der Waals surface area contributed by atoms with Crippen LogP contribution in [0.1, 0.15) is 10.4 Å². The first-order chi connectivity index (χ1) is 6.65. The molecule has 0 radical (unpaired) electrons. The molecule has 14 heavy (non-hydrogen) atoms. The second-order valence-corrected chi connectivity index (χ2v) is 5.22. The number of carbonyl (C=O) groups excluding carboxylic acids is 1. The number of hydrogen-bond acceptors (Lipinski definition) is 1. The van der Waals surface area contributed by atoms with Gasteiger partial charge in [-0.3, -0.25) is 4.79 Å². The van der Waals surface area contributed by atoms with E-state index >= 15 is 0 Å². The number of carbonyl (C=O) groups is 1. The summed E-state index contributed by atoms with van der Waals surface area (Å²) in [5.41, 5.74) is 0.611. The molecule has 1 aromatic rings. The topological polar surface area (TPSA) is 29.1 Å². The number of benzene rings is 1. The van der Waals surface area contributed by atoms with E-state index in [1.54, 1.807) is 12.1 Å². The van der Waals surface area contributed by atoms with Crippen LogP contribution in [0.2, 0.25) is 5.02 Å². The highest BCUT2D eigenvalue weighted by Crippen LogP contribution is 2.19. The lowest BCUT2D eigenvalue weighted by Gasteiger charge is -2.03. The summed E-state index contributed by atoms with van der Waals surface area (Å²) in [7, 11) is 0. The molecule has 0 aliphatic heterocycles. The van der Waals surface area contributed by atoms with E-state index in [2.05, 4.69) is 50.5 Å². The van der Waals surface area contributed by atoms with E-state index in [-0.39, 0.29) is 5.91 Å². The summed E-state index contributed by atoms with van der Waals surface area (Å²) in [4.78, 5) is 11.5. The lowest BCUT2D eigenvalue weighted by Crippen LogP contribution is -2.25. The number of halogens is 3. The maximum Gasteiger partial charge on any atom is 0.251 e. The summed E-state index contributed by atoms with van der Waals surface area (Å²) in [6.07, 6.45) is 0. The maximum absolute atomic E-state index is 11.5. The number of hydrogen-bond donors (Lipinski definition) is 1. The maximum atomic E-state index is 11.5. The van der Waals surface area contributed by atoms with E-state index < -0.39 is 0 Å². The van der Waals surface area contributed by atoms with E-state index in [0.717, 1.165) is 8.00 Å². The Hall–Kier alpha value is 0.440. The van der Waals surface area contributed by atoms with Gasteiger partial charge in [0.05, 0.1) is 5.02 Å². The Morgan fingerprint density at radius 3 is 2.79 bits per heavy atom. The van der Waals surface area contributed by atoms with Crippen molar-refractivity contribution in [2.45, 2.75) is 0 Å². The minimum Gasteiger partial charge on any atom is -0.351 e. The van der Waals surface area contributed by atoms with Crippen molar-refractivity contribution in [1.82, 2.24) is 5.32 Å². The zero-order valence-electron chi connectivity index (χ0n) is 7.19. The molecule has 0 saturated heterocycles. The zero-order chi connectivity index (χ0) is 10.6. The molecule has 0 unspecified atom stereocenters. The Morgan fingerprint density at radius 2 is 2.21 bits per heavy atom. The molecular formula is C9H8ClI2NO. The average Bonchev–Trinajstić information content (AvgIpc) is 2.18. The van der Waals surface area contributed by atoms with Crippen LogP contribution < -0.4 is 5.32 Å². The van der Waals surface area contributed by atoms with E-state index in [4.69, 9.17) is 11.6 Å². The van der Waals surface area contributed by atoms with Crippen LogP contribution in [0.15, 0.2) is 18.2 Å². The van der Waals surface area contributed by atoms with Crippen LogP contribution in [0.4, 0.5) is 0 Å². The Kier molecular flexibility index (Phi) is 5.47. The Balaban J connectivity index is 2.76. The third-order valence-corrected chi connectivity index (χ3v) is 3.67. The van der Waals surface area contributed by atoms with Gasteiger partial charge in [0.25, 0.3) is 5.91 Å². The highest BCUT2D eigenvalue weighted by molar-refractivity contribution is 14.1. The van der Waals surface area contributed by atoms with Gasteiger partial charge in [0.15, 0.2) is 0 Å². The zero-order valence-corrected chi connectivity index (χ0v) is 12.3. The van der Waals surface area contributed by atoms with Crippen molar-refractivity contribution in [3.8, 4) is 0 Å². The van der Waals surface area contributed by atoms with Gasteiger partial charge in [-0.2, -0.15) is 0 Å². The molecule has 1 aromatic carbocycles. The second kappa shape index (κ2) is 6.12. The molecule has 0 aliphatic carbocycles. The van der Waals surface area contributed by atoms with Gasteiger partial charge >= 0.3 is 0 Å². The van der Waals surface area contributed by atoms with E-state index in [1.165, 1.54) is 0 Å². The molecule has 0 aliphatic rings. The molecule has 0 heterocycles. The lowest BCUT2D eigenvalue weighted by molar-refractivity contribution is 0.0956. The fourth-order valence-electron chi connectivity index (χ4n) is 0.900. The van der Waals surface area contributed by atoms with Crippen molar-refractivity contribution in [1.29, 1.82) is 0 Å². The lowest BCUT2D eigenvalue weighted by atomic mass is 10.2. The van der Waals surface area contributed by atoms with Crippen molar-refractivity contribution in [3.05, 3.63) is 32.4 Å². The van der Waals surface area contributed by atoms with Crippen LogP contribution in [0.25, 0.3) is 0 Å². The van der Waals surface area contributed by atoms with Gasteiger partial charge in [-0.15, -0.1) is 0 Å². The average molecular weight is 435 g/mol.